The van der Waals surface area contributed by atoms with Crippen LogP contribution in [0.15, 0.2) is 152 Å². The minimum absolute atomic E-state index is 1.08. The normalized spacial score (nSPS) is 12.2. The number of aromatic nitrogens is 1. The first-order valence-electron chi connectivity index (χ1n) is 13.4. The van der Waals surface area contributed by atoms with Gasteiger partial charge in [-0.25, -0.2) is 0 Å². The Morgan fingerprint density at radius 3 is 2.08 bits per heavy atom. The molecule has 0 aliphatic heterocycles. The summed E-state index contributed by atoms with van der Waals surface area (Å²) in [5, 5.41) is 2.51. The van der Waals surface area contributed by atoms with Gasteiger partial charge in [0.25, 0.3) is 0 Å². The lowest BCUT2D eigenvalue weighted by molar-refractivity contribution is 1.18. The fraction of sp³-hybridized carbons (Fsp3) is 0. The Balaban J connectivity index is 1.32. The molecule has 0 saturated carbocycles. The lowest BCUT2D eigenvalue weighted by Crippen LogP contribution is -1.92. The number of hydrogen-bond acceptors (Lipinski definition) is 1. The second-order valence-electron chi connectivity index (χ2n) is 9.71. The summed E-state index contributed by atoms with van der Waals surface area (Å²) in [5.41, 5.74) is 16.0. The van der Waals surface area contributed by atoms with Gasteiger partial charge in [0.15, 0.2) is 0 Å². The lowest BCUT2D eigenvalue weighted by atomic mass is 10.00. The quantitative estimate of drug-likeness (QED) is 0.211. The van der Waals surface area contributed by atoms with E-state index in [4.69, 9.17) is 5.73 Å². The highest BCUT2D eigenvalue weighted by Gasteiger charge is 2.12. The van der Waals surface area contributed by atoms with Crippen LogP contribution in [-0.4, -0.2) is 4.57 Å². The number of allylic oxidation sites excluding steroid dienone is 4. The maximum Gasteiger partial charge on any atom is 0.0541 e. The van der Waals surface area contributed by atoms with Gasteiger partial charge in [-0.15, -0.1) is 0 Å². The smallest absolute Gasteiger partial charge is 0.0541 e. The highest BCUT2D eigenvalue weighted by Crippen LogP contribution is 2.35. The van der Waals surface area contributed by atoms with Crippen LogP contribution >= 0.6 is 0 Å². The zero-order valence-corrected chi connectivity index (χ0v) is 22.2. The second kappa shape index (κ2) is 11.2. The van der Waals surface area contributed by atoms with Gasteiger partial charge in [-0.05, 0) is 76.0 Å². The Morgan fingerprint density at radius 1 is 0.650 bits per heavy atom. The van der Waals surface area contributed by atoms with Crippen molar-refractivity contribution in [1.29, 1.82) is 0 Å². The van der Waals surface area contributed by atoms with Crippen LogP contribution in [0.3, 0.4) is 0 Å². The average Bonchev–Trinajstić information content (AvgIpc) is 3.36. The molecule has 0 spiro atoms. The van der Waals surface area contributed by atoms with Crippen molar-refractivity contribution in [3.63, 3.8) is 0 Å². The summed E-state index contributed by atoms with van der Waals surface area (Å²) in [5.74, 6) is 0. The molecule has 0 saturated heterocycles. The van der Waals surface area contributed by atoms with Gasteiger partial charge in [-0.3, -0.25) is 0 Å². The maximum atomic E-state index is 5.61. The fourth-order valence-corrected chi connectivity index (χ4v) is 5.20. The number of para-hydroxylation sites is 2. The van der Waals surface area contributed by atoms with Crippen molar-refractivity contribution in [1.82, 2.24) is 4.57 Å². The van der Waals surface area contributed by atoms with Gasteiger partial charge in [0, 0.05) is 16.5 Å². The molecule has 2 nitrogen and oxygen atoms in total. The van der Waals surface area contributed by atoms with Crippen LogP contribution in [0.4, 0.5) is 0 Å². The van der Waals surface area contributed by atoms with E-state index >= 15 is 0 Å². The third-order valence-corrected chi connectivity index (χ3v) is 7.25. The van der Waals surface area contributed by atoms with Crippen molar-refractivity contribution < 1.29 is 0 Å². The zero-order valence-electron chi connectivity index (χ0n) is 22.2. The molecule has 0 radical (unpaired) electrons. The van der Waals surface area contributed by atoms with Crippen LogP contribution in [0, 0.1) is 0 Å². The molecule has 192 valence electrons. The summed E-state index contributed by atoms with van der Waals surface area (Å²) >= 11 is 0. The molecule has 0 aliphatic rings. The molecule has 6 rings (SSSR count). The Bertz CT molecular complexity index is 1880. The van der Waals surface area contributed by atoms with Crippen molar-refractivity contribution in [3.8, 4) is 16.8 Å². The Morgan fingerprint density at radius 2 is 1.32 bits per heavy atom. The average molecular weight is 515 g/mol. The van der Waals surface area contributed by atoms with Crippen LogP contribution in [0.5, 0.6) is 0 Å². The zero-order chi connectivity index (χ0) is 27.3. The molecular weight excluding hydrogens is 484 g/mol. The third-order valence-electron chi connectivity index (χ3n) is 7.25. The van der Waals surface area contributed by atoms with Gasteiger partial charge in [-0.2, -0.15) is 0 Å². The molecule has 0 bridgehead atoms. The van der Waals surface area contributed by atoms with E-state index < -0.39 is 0 Å². The van der Waals surface area contributed by atoms with Crippen LogP contribution in [0.2, 0.25) is 0 Å². The predicted molar refractivity (Wildman–Crippen MR) is 173 cm³/mol. The minimum Gasteiger partial charge on any atom is -0.405 e. The first kappa shape index (κ1) is 25.0. The summed E-state index contributed by atoms with van der Waals surface area (Å²) in [6, 6.07) is 43.0. The maximum absolute atomic E-state index is 5.61. The van der Waals surface area contributed by atoms with Gasteiger partial charge in [0.1, 0.15) is 0 Å². The molecular formula is C38H30N2. The minimum atomic E-state index is 1.08. The van der Waals surface area contributed by atoms with Gasteiger partial charge in [0.2, 0.25) is 0 Å². The summed E-state index contributed by atoms with van der Waals surface area (Å²) in [6.07, 6.45) is 11.5. The molecule has 40 heavy (non-hydrogen) atoms. The number of fused-ring (bicyclic) bond motifs is 3. The van der Waals surface area contributed by atoms with Crippen molar-refractivity contribution in [2.24, 2.45) is 5.73 Å². The molecule has 5 aromatic carbocycles. The monoisotopic (exact) mass is 514 g/mol. The first-order valence-corrected chi connectivity index (χ1v) is 13.4. The molecule has 1 heterocycles. The highest BCUT2D eigenvalue weighted by atomic mass is 15.0. The predicted octanol–water partition coefficient (Wildman–Crippen LogP) is 9.66. The van der Waals surface area contributed by atoms with Crippen molar-refractivity contribution in [3.05, 3.63) is 169 Å². The Kier molecular flexibility index (Phi) is 6.98. The summed E-state index contributed by atoms with van der Waals surface area (Å²) < 4.78 is 2.35. The standard InChI is InChI=1S/C38H30N2/c1-2-28-14-19-31(20-15-28)30(9-8-26-39)21-16-29-17-22-32(23-18-29)33-24-25-38-36(27-33)35-12-6-7-13-37(35)40(38)34-10-4-3-5-11-34/h2-27H,1,39H2/b21-16-,26-8+,30-9+. The van der Waals surface area contributed by atoms with Crippen LogP contribution in [-0.2, 0) is 0 Å². The number of hydrogen-bond donors (Lipinski definition) is 1. The van der Waals surface area contributed by atoms with Gasteiger partial charge >= 0.3 is 0 Å². The molecule has 0 aliphatic carbocycles. The lowest BCUT2D eigenvalue weighted by Gasteiger charge is -2.08. The number of nitrogens with two attached hydrogens (primary N) is 1. The van der Waals surface area contributed by atoms with Gasteiger partial charge in [-0.1, -0.05) is 122 Å². The van der Waals surface area contributed by atoms with Crippen LogP contribution in [0.25, 0.3) is 56.3 Å². The molecule has 2 heteroatoms. The molecule has 1 aromatic heterocycles. The number of nitrogens with zero attached hydrogens (tertiary/aromatic N) is 1. The topological polar surface area (TPSA) is 30.9 Å². The van der Waals surface area contributed by atoms with E-state index in [2.05, 4.69) is 145 Å². The van der Waals surface area contributed by atoms with Crippen LogP contribution in [0.1, 0.15) is 16.7 Å². The fourth-order valence-electron chi connectivity index (χ4n) is 5.20. The van der Waals surface area contributed by atoms with Crippen molar-refractivity contribution in [2.45, 2.75) is 0 Å². The van der Waals surface area contributed by atoms with Crippen molar-refractivity contribution in [2.75, 3.05) is 0 Å². The van der Waals surface area contributed by atoms with Crippen LogP contribution < -0.4 is 5.73 Å². The number of benzene rings is 5. The Labute approximate surface area is 235 Å². The summed E-state index contributed by atoms with van der Waals surface area (Å²) in [4.78, 5) is 0. The van der Waals surface area contributed by atoms with E-state index in [9.17, 15) is 0 Å². The second-order valence-corrected chi connectivity index (χ2v) is 9.71. The van der Waals surface area contributed by atoms with Crippen molar-refractivity contribution >= 4 is 39.5 Å². The first-order chi connectivity index (χ1) is 19.7. The molecule has 2 N–H and O–H groups in total. The van der Waals surface area contributed by atoms with E-state index in [1.165, 1.54) is 38.6 Å². The molecule has 0 fully saturated rings. The highest BCUT2D eigenvalue weighted by molar-refractivity contribution is 6.10. The van der Waals surface area contributed by atoms with Gasteiger partial charge in [0.05, 0.1) is 11.0 Å². The summed E-state index contributed by atoms with van der Waals surface area (Å²) in [6.45, 7) is 3.84. The van der Waals surface area contributed by atoms with E-state index in [0.717, 1.165) is 22.3 Å². The number of rotatable bonds is 7. The van der Waals surface area contributed by atoms with E-state index in [0.29, 0.717) is 0 Å². The third kappa shape index (κ3) is 4.91. The molecule has 0 amide bonds. The summed E-state index contributed by atoms with van der Waals surface area (Å²) in [7, 11) is 0. The SMILES string of the molecule is C=Cc1ccc(C(/C=C\c2ccc(-c3ccc4c(c3)c3ccccc3n4-c3ccccc3)cc2)=C/C=C/N)cc1. The Hall–Kier alpha value is -5.34. The van der Waals surface area contributed by atoms with Gasteiger partial charge < -0.3 is 10.3 Å². The van der Waals surface area contributed by atoms with E-state index in [-0.39, 0.29) is 0 Å². The molecule has 0 atom stereocenters. The molecule has 0 unspecified atom stereocenters. The molecule has 6 aromatic rings. The van der Waals surface area contributed by atoms with E-state index in [1.807, 2.05) is 18.2 Å². The largest absolute Gasteiger partial charge is 0.405 e. The van der Waals surface area contributed by atoms with E-state index in [1.54, 1.807) is 6.20 Å².